The van der Waals surface area contributed by atoms with Gasteiger partial charge < -0.3 is 19.1 Å². The summed E-state index contributed by atoms with van der Waals surface area (Å²) < 4.78 is 27.3. The first-order chi connectivity index (χ1) is 12.2. The number of Topliss-reactive ketones (excluding diaryl/α,β-unsaturated/α-hetero) is 1. The average Bonchev–Trinajstić information content (AvgIpc) is 2.57. The summed E-state index contributed by atoms with van der Waals surface area (Å²) in [5.41, 5.74) is -1.97. The quantitative estimate of drug-likeness (QED) is 0.279. The Hall–Kier alpha value is -1.44. The summed E-state index contributed by atoms with van der Waals surface area (Å²) in [6.45, 7) is 2.78. The number of halogens is 2. The van der Waals surface area contributed by atoms with E-state index >= 15 is 0 Å². The van der Waals surface area contributed by atoms with Crippen LogP contribution in [0.4, 0.5) is 5.69 Å². The van der Waals surface area contributed by atoms with Gasteiger partial charge in [0.2, 0.25) is 11.4 Å². The lowest BCUT2D eigenvalue weighted by atomic mass is 10.2. The molecule has 1 atom stereocenters. The van der Waals surface area contributed by atoms with Crippen molar-refractivity contribution in [1.82, 2.24) is 0 Å². The minimum Gasteiger partial charge on any atom is -0.468 e. The summed E-state index contributed by atoms with van der Waals surface area (Å²) >= 11 is 11.7. The fraction of sp³-hybridized carbons (Fsp3) is 0.400. The molecule has 1 rings (SSSR count). The predicted molar refractivity (Wildman–Crippen MR) is 96.8 cm³/mol. The molecular formula is C15H18Cl2NO7P. The number of hydrogen-bond acceptors (Lipinski definition) is 7. The first-order valence-corrected chi connectivity index (χ1v) is 9.83. The molecule has 144 valence electrons. The summed E-state index contributed by atoms with van der Waals surface area (Å²) in [7, 11) is -3.29. The zero-order valence-corrected chi connectivity index (χ0v) is 16.7. The second-order valence-corrected chi connectivity index (χ2v) is 7.70. The molecule has 0 bridgehead atoms. The lowest BCUT2D eigenvalue weighted by molar-refractivity contribution is -0.146. The van der Waals surface area contributed by atoms with Crippen LogP contribution in [0.25, 0.3) is 0 Å². The van der Waals surface area contributed by atoms with Crippen LogP contribution in [0.5, 0.6) is 0 Å². The molecule has 0 unspecified atom stereocenters. The average molecular weight is 426 g/mol. The summed E-state index contributed by atoms with van der Waals surface area (Å²) in [6.07, 6.45) is 0. The molecule has 1 N–H and O–H groups in total. The van der Waals surface area contributed by atoms with Gasteiger partial charge in [0.25, 0.3) is 5.91 Å². The van der Waals surface area contributed by atoms with E-state index in [1.807, 2.05) is 0 Å². The van der Waals surface area contributed by atoms with Crippen molar-refractivity contribution in [3.05, 3.63) is 28.2 Å². The van der Waals surface area contributed by atoms with Crippen molar-refractivity contribution >= 4 is 54.1 Å². The normalized spacial score (nSPS) is 12.3. The van der Waals surface area contributed by atoms with Crippen LogP contribution in [0, 0.1) is 0 Å². The van der Waals surface area contributed by atoms with Crippen molar-refractivity contribution in [2.45, 2.75) is 19.5 Å². The van der Waals surface area contributed by atoms with E-state index in [0.29, 0.717) is 5.02 Å². The smallest absolute Gasteiger partial charge is 0.353 e. The molecule has 1 aromatic rings. The van der Waals surface area contributed by atoms with Crippen LogP contribution in [0.3, 0.4) is 0 Å². The molecule has 0 aliphatic carbocycles. The summed E-state index contributed by atoms with van der Waals surface area (Å²) in [5, 5.41) is 2.63. The Labute approximate surface area is 160 Å². The standard InChI is InChI=1S/C15H18Cl2NO7P/c1-4-24-26(22,25-5-2)13(15(21)23-3)12(19)14(20)18-11-7-6-9(16)8-10(11)17/h6-8,13H,4-5H2,1-3H3,(H,18,20)/t13-/m0/s1. The zero-order valence-electron chi connectivity index (χ0n) is 14.3. The number of carbonyl (C=O) groups excluding carboxylic acids is 3. The van der Waals surface area contributed by atoms with Crippen LogP contribution >= 0.6 is 30.8 Å². The van der Waals surface area contributed by atoms with E-state index < -0.39 is 30.9 Å². The monoisotopic (exact) mass is 425 g/mol. The van der Waals surface area contributed by atoms with Gasteiger partial charge in [0, 0.05) is 5.02 Å². The lowest BCUT2D eigenvalue weighted by Crippen LogP contribution is -2.40. The van der Waals surface area contributed by atoms with Gasteiger partial charge >= 0.3 is 13.6 Å². The van der Waals surface area contributed by atoms with Gasteiger partial charge in [-0.1, -0.05) is 23.2 Å². The molecule has 26 heavy (non-hydrogen) atoms. The van der Waals surface area contributed by atoms with Crippen molar-refractivity contribution in [2.24, 2.45) is 0 Å². The van der Waals surface area contributed by atoms with Crippen molar-refractivity contribution in [1.29, 1.82) is 0 Å². The third kappa shape index (κ3) is 5.53. The highest BCUT2D eigenvalue weighted by Gasteiger charge is 2.50. The molecule has 0 saturated heterocycles. The van der Waals surface area contributed by atoms with Crippen molar-refractivity contribution in [3.63, 3.8) is 0 Å². The van der Waals surface area contributed by atoms with Gasteiger partial charge in [0.05, 0.1) is 31.0 Å². The minimum absolute atomic E-state index is 0.0751. The Morgan fingerprint density at radius 2 is 1.73 bits per heavy atom. The van der Waals surface area contributed by atoms with Gasteiger partial charge in [-0.25, -0.2) is 0 Å². The number of benzene rings is 1. The summed E-state index contributed by atoms with van der Waals surface area (Å²) in [6, 6.07) is 4.16. The predicted octanol–water partition coefficient (Wildman–Crippen LogP) is 3.31. The van der Waals surface area contributed by atoms with Gasteiger partial charge in [-0.2, -0.15) is 0 Å². The van der Waals surface area contributed by atoms with Gasteiger partial charge in [-0.3, -0.25) is 18.9 Å². The second kappa shape index (κ2) is 10.0. The Bertz CT molecular complexity index is 731. The molecule has 0 heterocycles. The van der Waals surface area contributed by atoms with Crippen LogP contribution in [-0.4, -0.2) is 43.6 Å². The first-order valence-electron chi connectivity index (χ1n) is 7.47. The third-order valence-electron chi connectivity index (χ3n) is 3.01. The lowest BCUT2D eigenvalue weighted by Gasteiger charge is -2.23. The van der Waals surface area contributed by atoms with E-state index in [1.165, 1.54) is 32.0 Å². The van der Waals surface area contributed by atoms with Crippen molar-refractivity contribution in [3.8, 4) is 0 Å². The number of ether oxygens (including phenoxy) is 1. The molecular weight excluding hydrogens is 408 g/mol. The highest BCUT2D eigenvalue weighted by atomic mass is 35.5. The Kier molecular flexibility index (Phi) is 8.73. The van der Waals surface area contributed by atoms with E-state index in [4.69, 9.17) is 32.2 Å². The summed E-state index contributed by atoms with van der Waals surface area (Å²) in [5.74, 6) is -3.78. The number of anilines is 1. The number of methoxy groups -OCH3 is 1. The first kappa shape index (κ1) is 22.6. The number of hydrogen-bond donors (Lipinski definition) is 1. The van der Waals surface area contributed by atoms with E-state index in [2.05, 4.69) is 10.1 Å². The van der Waals surface area contributed by atoms with Crippen molar-refractivity contribution in [2.75, 3.05) is 25.6 Å². The highest BCUT2D eigenvalue weighted by Crippen LogP contribution is 2.53. The van der Waals surface area contributed by atoms with E-state index in [-0.39, 0.29) is 23.9 Å². The van der Waals surface area contributed by atoms with Gasteiger partial charge in [0.15, 0.2) is 0 Å². The second-order valence-electron chi connectivity index (χ2n) is 4.74. The SMILES string of the molecule is CCOP(=O)(OCC)[C@H](C(=O)OC)C(=O)C(=O)Nc1ccc(Cl)cc1Cl. The Balaban J connectivity index is 3.17. The number of amides is 1. The van der Waals surface area contributed by atoms with E-state index in [1.54, 1.807) is 0 Å². The zero-order chi connectivity index (χ0) is 19.9. The van der Waals surface area contributed by atoms with Crippen LogP contribution in [-0.2, 0) is 32.7 Å². The largest absolute Gasteiger partial charge is 0.468 e. The Morgan fingerprint density at radius 3 is 2.19 bits per heavy atom. The maximum absolute atomic E-state index is 12.8. The van der Waals surface area contributed by atoms with Crippen LogP contribution in [0.2, 0.25) is 10.0 Å². The number of nitrogens with one attached hydrogen (secondary N) is 1. The maximum atomic E-state index is 12.8. The number of ketones is 1. The molecule has 0 aliphatic rings. The molecule has 0 radical (unpaired) electrons. The molecule has 1 aromatic carbocycles. The highest BCUT2D eigenvalue weighted by molar-refractivity contribution is 7.57. The molecule has 8 nitrogen and oxygen atoms in total. The number of rotatable bonds is 9. The minimum atomic E-state index is -4.28. The Morgan fingerprint density at radius 1 is 1.15 bits per heavy atom. The van der Waals surface area contributed by atoms with Gasteiger partial charge in [-0.15, -0.1) is 0 Å². The van der Waals surface area contributed by atoms with Crippen LogP contribution < -0.4 is 5.32 Å². The number of carbonyl (C=O) groups is 3. The number of esters is 1. The molecule has 1 amide bonds. The topological polar surface area (TPSA) is 108 Å². The van der Waals surface area contributed by atoms with E-state index in [9.17, 15) is 18.9 Å². The van der Waals surface area contributed by atoms with Crippen LogP contribution in [0.15, 0.2) is 18.2 Å². The maximum Gasteiger partial charge on any atom is 0.353 e. The molecule has 0 fully saturated rings. The van der Waals surface area contributed by atoms with Gasteiger partial charge in [-0.05, 0) is 32.0 Å². The van der Waals surface area contributed by atoms with E-state index in [0.717, 1.165) is 7.11 Å². The molecule has 11 heteroatoms. The third-order valence-corrected chi connectivity index (χ3v) is 5.87. The molecule has 0 aliphatic heterocycles. The molecule has 0 saturated carbocycles. The summed E-state index contributed by atoms with van der Waals surface area (Å²) in [4.78, 5) is 36.8. The van der Waals surface area contributed by atoms with Gasteiger partial charge in [0.1, 0.15) is 0 Å². The fourth-order valence-electron chi connectivity index (χ4n) is 1.94. The molecule has 0 spiro atoms. The van der Waals surface area contributed by atoms with Crippen molar-refractivity contribution < 1.29 is 32.7 Å². The van der Waals surface area contributed by atoms with Crippen LogP contribution in [0.1, 0.15) is 13.8 Å². The molecule has 0 aromatic heterocycles. The fourth-order valence-corrected chi connectivity index (χ4v) is 4.25.